The molecule has 0 aromatic heterocycles. The number of benzodiazepines with no additional fused rings is 1. The van der Waals surface area contributed by atoms with Gasteiger partial charge in [0.25, 0.3) is 5.91 Å². The SMILES string of the molecule is O=C1Nc2ccccc2C(c2ccccc2)=NC1/N=C1\NNC(c2cccc(F)c2N2CCOCC2)O1. The Bertz CT molecular complexity index is 1370. The van der Waals surface area contributed by atoms with E-state index < -0.39 is 12.4 Å². The number of aliphatic imine (C=N–C) groups is 2. The molecule has 2 unspecified atom stereocenters. The maximum Gasteiger partial charge on any atom is 0.304 e. The summed E-state index contributed by atoms with van der Waals surface area (Å²) in [5.41, 5.74) is 9.92. The van der Waals surface area contributed by atoms with E-state index >= 15 is 0 Å². The van der Waals surface area contributed by atoms with Crippen LogP contribution in [0.4, 0.5) is 15.8 Å². The minimum atomic E-state index is -1.10. The highest BCUT2D eigenvalue weighted by molar-refractivity contribution is 6.19. The topological polar surface area (TPSA) is 99.6 Å². The van der Waals surface area contributed by atoms with Crippen LogP contribution in [0.15, 0.2) is 82.8 Å². The molecule has 3 N–H and O–H groups in total. The van der Waals surface area contributed by atoms with Crippen molar-refractivity contribution in [2.24, 2.45) is 9.98 Å². The van der Waals surface area contributed by atoms with Gasteiger partial charge in [0, 0.05) is 29.8 Å². The van der Waals surface area contributed by atoms with Crippen LogP contribution in [0.5, 0.6) is 0 Å². The van der Waals surface area contributed by atoms with E-state index in [9.17, 15) is 9.18 Å². The van der Waals surface area contributed by atoms with Crippen molar-refractivity contribution in [2.45, 2.75) is 12.4 Å². The fraction of sp³-hybridized carbons (Fsp3) is 0.222. The number of hydrazine groups is 1. The molecule has 3 aromatic rings. The lowest BCUT2D eigenvalue weighted by atomic mass is 10.0. The van der Waals surface area contributed by atoms with Gasteiger partial charge in [-0.05, 0) is 12.1 Å². The van der Waals surface area contributed by atoms with E-state index in [2.05, 4.69) is 21.2 Å². The minimum Gasteiger partial charge on any atom is -0.439 e. The number of hydrogen-bond donors (Lipinski definition) is 3. The number of ether oxygens (including phenoxy) is 2. The zero-order valence-electron chi connectivity index (χ0n) is 19.9. The maximum absolute atomic E-state index is 14.9. The van der Waals surface area contributed by atoms with Crippen molar-refractivity contribution < 1.29 is 18.7 Å². The first-order valence-corrected chi connectivity index (χ1v) is 12.1. The molecule has 2 atom stereocenters. The van der Waals surface area contributed by atoms with E-state index in [1.807, 2.05) is 59.5 Å². The number of para-hydroxylation sites is 2. The van der Waals surface area contributed by atoms with Gasteiger partial charge in [0.05, 0.1) is 30.3 Å². The van der Waals surface area contributed by atoms with Crippen molar-refractivity contribution in [3.63, 3.8) is 0 Å². The number of rotatable bonds is 4. The lowest BCUT2D eigenvalue weighted by molar-refractivity contribution is -0.117. The second-order valence-electron chi connectivity index (χ2n) is 8.73. The summed E-state index contributed by atoms with van der Waals surface area (Å²) in [6, 6.07) is 22.1. The van der Waals surface area contributed by atoms with E-state index in [0.29, 0.717) is 49.0 Å². The number of amides is 1. The summed E-state index contributed by atoms with van der Waals surface area (Å²) in [6.07, 6.45) is -1.81. The van der Waals surface area contributed by atoms with Crippen molar-refractivity contribution >= 4 is 29.0 Å². The van der Waals surface area contributed by atoms with Crippen LogP contribution in [0.1, 0.15) is 22.9 Å². The largest absolute Gasteiger partial charge is 0.439 e. The predicted octanol–water partition coefficient (Wildman–Crippen LogP) is 2.96. The molecule has 2 saturated heterocycles. The van der Waals surface area contributed by atoms with E-state index in [1.54, 1.807) is 12.1 Å². The quantitative estimate of drug-likeness (QED) is 0.510. The molecule has 0 saturated carbocycles. The Labute approximate surface area is 213 Å². The summed E-state index contributed by atoms with van der Waals surface area (Å²) in [7, 11) is 0. The number of morpholine rings is 1. The Balaban J connectivity index is 1.31. The summed E-state index contributed by atoms with van der Waals surface area (Å²) in [5, 5.41) is 2.92. The first-order chi connectivity index (χ1) is 18.2. The van der Waals surface area contributed by atoms with Crippen LogP contribution in [-0.4, -0.2) is 50.1 Å². The molecule has 3 aliphatic heterocycles. The van der Waals surface area contributed by atoms with Gasteiger partial charge in [0.1, 0.15) is 5.82 Å². The Kier molecular flexibility index (Phi) is 6.25. The second kappa shape index (κ2) is 10.00. The molecular weight excluding hydrogens is 475 g/mol. The molecule has 1 amide bonds. The number of amidine groups is 1. The Morgan fingerprint density at radius 2 is 1.76 bits per heavy atom. The number of fused-ring (bicyclic) bond motifs is 1. The summed E-state index contributed by atoms with van der Waals surface area (Å²) in [5.74, 6) is -0.729. The number of nitrogens with one attached hydrogen (secondary N) is 3. The van der Waals surface area contributed by atoms with Crippen LogP contribution in [0.2, 0.25) is 0 Å². The van der Waals surface area contributed by atoms with Crippen molar-refractivity contribution in [1.82, 2.24) is 10.9 Å². The first-order valence-electron chi connectivity index (χ1n) is 12.1. The Morgan fingerprint density at radius 3 is 2.59 bits per heavy atom. The van der Waals surface area contributed by atoms with E-state index in [4.69, 9.17) is 14.5 Å². The van der Waals surface area contributed by atoms with Gasteiger partial charge >= 0.3 is 6.02 Å². The molecule has 6 rings (SSSR count). The third-order valence-corrected chi connectivity index (χ3v) is 6.38. The average Bonchev–Trinajstić information content (AvgIpc) is 3.35. The van der Waals surface area contributed by atoms with Gasteiger partial charge in [-0.15, -0.1) is 0 Å². The van der Waals surface area contributed by atoms with Crippen molar-refractivity contribution in [1.29, 1.82) is 0 Å². The molecule has 0 aliphatic carbocycles. The van der Waals surface area contributed by atoms with Crippen molar-refractivity contribution in [2.75, 3.05) is 36.5 Å². The first kappa shape index (κ1) is 23.1. The van der Waals surface area contributed by atoms with Crippen molar-refractivity contribution in [3.05, 3.63) is 95.3 Å². The minimum absolute atomic E-state index is 0.0875. The van der Waals surface area contributed by atoms with Crippen molar-refractivity contribution in [3.8, 4) is 0 Å². The van der Waals surface area contributed by atoms with Gasteiger partial charge < -0.3 is 19.7 Å². The van der Waals surface area contributed by atoms with Crippen LogP contribution in [-0.2, 0) is 14.3 Å². The molecule has 10 heteroatoms. The number of carbonyl (C=O) groups is 1. The summed E-state index contributed by atoms with van der Waals surface area (Å²) in [6.45, 7) is 2.21. The monoisotopic (exact) mass is 500 g/mol. The molecule has 3 heterocycles. The zero-order chi connectivity index (χ0) is 25.2. The molecule has 0 spiro atoms. The second-order valence-corrected chi connectivity index (χ2v) is 8.73. The highest BCUT2D eigenvalue weighted by Gasteiger charge is 2.32. The molecule has 3 aliphatic rings. The predicted molar refractivity (Wildman–Crippen MR) is 138 cm³/mol. The van der Waals surface area contributed by atoms with E-state index in [1.165, 1.54) is 6.07 Å². The van der Waals surface area contributed by atoms with Gasteiger partial charge in [0.15, 0.2) is 6.23 Å². The number of hydrogen-bond acceptors (Lipinski definition) is 7. The number of benzene rings is 3. The molecular formula is C27H25FN6O3. The molecule has 37 heavy (non-hydrogen) atoms. The number of nitrogens with zero attached hydrogens (tertiary/aromatic N) is 3. The number of carbonyl (C=O) groups excluding carboxylic acids is 1. The van der Waals surface area contributed by atoms with Gasteiger partial charge in [0.2, 0.25) is 6.17 Å². The fourth-order valence-electron chi connectivity index (χ4n) is 4.64. The average molecular weight is 501 g/mol. The zero-order valence-corrected chi connectivity index (χ0v) is 19.9. The molecule has 188 valence electrons. The van der Waals surface area contributed by atoms with Crippen LogP contribution >= 0.6 is 0 Å². The number of halogens is 1. The van der Waals surface area contributed by atoms with Crippen LogP contribution in [0, 0.1) is 5.82 Å². The van der Waals surface area contributed by atoms with Crippen LogP contribution in [0.3, 0.4) is 0 Å². The van der Waals surface area contributed by atoms with Gasteiger partial charge in [-0.1, -0.05) is 60.7 Å². The molecule has 9 nitrogen and oxygen atoms in total. The summed E-state index contributed by atoms with van der Waals surface area (Å²) < 4.78 is 26.3. The molecule has 2 fully saturated rings. The van der Waals surface area contributed by atoms with E-state index in [-0.39, 0.29) is 17.7 Å². The standard InChI is InChI=1S/C27H25FN6O3/c28-20-11-6-10-19(23(20)34-13-15-36-16-14-34)26-32-33-27(37-26)31-24-25(35)29-21-12-5-4-9-18(21)22(30-24)17-7-2-1-3-8-17/h1-12,24,26,32H,13-16H2,(H,29,35)(H,31,33). The lowest BCUT2D eigenvalue weighted by Gasteiger charge is -2.31. The Morgan fingerprint density at radius 1 is 0.973 bits per heavy atom. The molecule has 0 radical (unpaired) electrons. The lowest BCUT2D eigenvalue weighted by Crippen LogP contribution is -2.38. The normalized spacial score (nSPS) is 22.4. The summed E-state index contributed by atoms with van der Waals surface area (Å²) >= 11 is 0. The highest BCUT2D eigenvalue weighted by Crippen LogP contribution is 2.32. The fourth-order valence-corrected chi connectivity index (χ4v) is 4.64. The third kappa shape index (κ3) is 4.64. The highest BCUT2D eigenvalue weighted by atomic mass is 19.1. The molecule has 0 bridgehead atoms. The third-order valence-electron chi connectivity index (χ3n) is 6.38. The van der Waals surface area contributed by atoms with Gasteiger partial charge in [-0.2, -0.15) is 10.4 Å². The number of anilines is 2. The Hall–Kier alpha value is -4.28. The van der Waals surface area contributed by atoms with Gasteiger partial charge in [-0.25, -0.2) is 9.38 Å². The van der Waals surface area contributed by atoms with Gasteiger partial charge in [-0.3, -0.25) is 10.2 Å². The summed E-state index contributed by atoms with van der Waals surface area (Å²) in [4.78, 5) is 24.2. The van der Waals surface area contributed by atoms with Crippen LogP contribution < -0.4 is 21.1 Å². The maximum atomic E-state index is 14.9. The van der Waals surface area contributed by atoms with E-state index in [0.717, 1.165) is 11.1 Å². The van der Waals surface area contributed by atoms with Crippen LogP contribution in [0.25, 0.3) is 0 Å². The molecule has 3 aromatic carbocycles. The smallest absolute Gasteiger partial charge is 0.304 e.